The van der Waals surface area contributed by atoms with Crippen LogP contribution in [0.3, 0.4) is 0 Å². The Morgan fingerprint density at radius 2 is 1.87 bits per heavy atom. The van der Waals surface area contributed by atoms with E-state index in [0.717, 1.165) is 41.8 Å². The molecule has 2 aromatic carbocycles. The first-order valence-corrected chi connectivity index (χ1v) is 12.0. The summed E-state index contributed by atoms with van der Waals surface area (Å²) in [5.41, 5.74) is 2.93. The van der Waals surface area contributed by atoms with Crippen LogP contribution in [0.2, 0.25) is 0 Å². The minimum absolute atomic E-state index is 0.0452. The monoisotopic (exact) mass is 448 g/mol. The van der Waals surface area contributed by atoms with Crippen LogP contribution in [0, 0.1) is 11.7 Å². The number of hydrogen-bond donors (Lipinski definition) is 1. The molecular formula is C23H29FN2O4S. The number of amides is 1. The van der Waals surface area contributed by atoms with Crippen molar-refractivity contribution in [2.24, 2.45) is 5.92 Å². The van der Waals surface area contributed by atoms with Crippen LogP contribution in [0.25, 0.3) is 0 Å². The third-order valence-corrected chi connectivity index (χ3v) is 7.63. The Labute approximate surface area is 183 Å². The highest BCUT2D eigenvalue weighted by molar-refractivity contribution is 7.89. The first kappa shape index (κ1) is 23.2. The Morgan fingerprint density at radius 3 is 2.48 bits per heavy atom. The fourth-order valence-corrected chi connectivity index (χ4v) is 5.69. The first-order valence-electron chi connectivity index (χ1n) is 10.6. The number of rotatable bonds is 7. The molecule has 0 radical (unpaired) electrons. The standard InChI is InChI=1S/C23H29FN2O4S/c1-4-16-8-6-9-17(5-2)22(16)25-23(27)18-10-7-13-26(15-18)31(28,29)21-14-19(24)11-12-20(21)30-3/h6,8-9,11-12,14,18H,4-5,7,10,13,15H2,1-3H3,(H,25,27)/t18-/m0/s1. The van der Waals surface area contributed by atoms with Crippen molar-refractivity contribution in [3.8, 4) is 5.75 Å². The van der Waals surface area contributed by atoms with Gasteiger partial charge in [-0.2, -0.15) is 4.31 Å². The molecule has 1 saturated heterocycles. The minimum atomic E-state index is -4.00. The molecule has 3 rings (SSSR count). The molecule has 2 aromatic rings. The molecule has 1 heterocycles. The number of sulfonamides is 1. The van der Waals surface area contributed by atoms with E-state index >= 15 is 0 Å². The number of anilines is 1. The predicted molar refractivity (Wildman–Crippen MR) is 118 cm³/mol. The lowest BCUT2D eigenvalue weighted by Crippen LogP contribution is -2.43. The van der Waals surface area contributed by atoms with Gasteiger partial charge in [0.25, 0.3) is 0 Å². The highest BCUT2D eigenvalue weighted by Gasteiger charge is 2.35. The number of halogens is 1. The summed E-state index contributed by atoms with van der Waals surface area (Å²) in [6.45, 7) is 4.39. The van der Waals surface area contributed by atoms with Gasteiger partial charge in [-0.25, -0.2) is 12.8 Å². The lowest BCUT2D eigenvalue weighted by molar-refractivity contribution is -0.120. The molecule has 1 amide bonds. The molecule has 0 unspecified atom stereocenters. The Balaban J connectivity index is 1.83. The maximum atomic E-state index is 13.8. The van der Waals surface area contributed by atoms with E-state index in [1.165, 1.54) is 17.5 Å². The normalized spacial score (nSPS) is 17.4. The van der Waals surface area contributed by atoms with Crippen LogP contribution in [0.1, 0.15) is 37.8 Å². The second-order valence-electron chi connectivity index (χ2n) is 7.65. The van der Waals surface area contributed by atoms with Crippen molar-refractivity contribution < 1.29 is 22.3 Å². The number of nitrogens with zero attached hydrogens (tertiary/aromatic N) is 1. The van der Waals surface area contributed by atoms with E-state index in [0.29, 0.717) is 12.8 Å². The summed E-state index contributed by atoms with van der Waals surface area (Å²) in [6, 6.07) is 9.37. The molecule has 31 heavy (non-hydrogen) atoms. The topological polar surface area (TPSA) is 75.7 Å². The van der Waals surface area contributed by atoms with Crippen LogP contribution in [0.4, 0.5) is 10.1 Å². The summed E-state index contributed by atoms with van der Waals surface area (Å²) >= 11 is 0. The second-order valence-corrected chi connectivity index (χ2v) is 9.55. The van der Waals surface area contributed by atoms with Crippen LogP contribution in [-0.2, 0) is 27.7 Å². The lowest BCUT2D eigenvalue weighted by Gasteiger charge is -2.32. The Kier molecular flexibility index (Phi) is 7.33. The second kappa shape index (κ2) is 9.78. The van der Waals surface area contributed by atoms with E-state index in [4.69, 9.17) is 4.74 Å². The van der Waals surface area contributed by atoms with Gasteiger partial charge in [0, 0.05) is 18.8 Å². The van der Waals surface area contributed by atoms with Crippen LogP contribution in [0.5, 0.6) is 5.75 Å². The van der Waals surface area contributed by atoms with Crippen molar-refractivity contribution in [2.75, 3.05) is 25.5 Å². The van der Waals surface area contributed by atoms with E-state index < -0.39 is 21.8 Å². The molecule has 8 heteroatoms. The summed E-state index contributed by atoms with van der Waals surface area (Å²) in [5, 5.41) is 3.05. The van der Waals surface area contributed by atoms with Crippen molar-refractivity contribution in [3.05, 3.63) is 53.3 Å². The molecule has 1 fully saturated rings. The van der Waals surface area contributed by atoms with E-state index in [-0.39, 0.29) is 29.6 Å². The van der Waals surface area contributed by atoms with Gasteiger partial charge in [-0.05, 0) is 55.0 Å². The molecule has 6 nitrogen and oxygen atoms in total. The van der Waals surface area contributed by atoms with Crippen molar-refractivity contribution in [1.29, 1.82) is 0 Å². The van der Waals surface area contributed by atoms with Gasteiger partial charge in [-0.1, -0.05) is 32.0 Å². The number of piperidine rings is 1. The SMILES string of the molecule is CCc1cccc(CC)c1NC(=O)[C@H]1CCCN(S(=O)(=O)c2cc(F)ccc2OC)C1. The quantitative estimate of drug-likeness (QED) is 0.695. The summed E-state index contributed by atoms with van der Waals surface area (Å²) in [4.78, 5) is 12.9. The Bertz CT molecular complexity index is 1030. The van der Waals surface area contributed by atoms with Gasteiger partial charge < -0.3 is 10.1 Å². The van der Waals surface area contributed by atoms with E-state index in [1.807, 2.05) is 32.0 Å². The largest absolute Gasteiger partial charge is 0.495 e. The maximum Gasteiger partial charge on any atom is 0.246 e. The van der Waals surface area contributed by atoms with Crippen LogP contribution in [0.15, 0.2) is 41.3 Å². The van der Waals surface area contributed by atoms with Gasteiger partial charge in [0.15, 0.2) is 0 Å². The fourth-order valence-electron chi connectivity index (χ4n) is 3.99. The number of aryl methyl sites for hydroxylation is 2. The molecule has 0 saturated carbocycles. The number of carbonyl (C=O) groups is 1. The summed E-state index contributed by atoms with van der Waals surface area (Å²) in [5.74, 6) is -1.26. The fraction of sp³-hybridized carbons (Fsp3) is 0.435. The van der Waals surface area contributed by atoms with Crippen LogP contribution in [-0.4, -0.2) is 38.8 Å². The molecule has 1 aliphatic rings. The van der Waals surface area contributed by atoms with Crippen LogP contribution < -0.4 is 10.1 Å². The van der Waals surface area contributed by atoms with E-state index in [2.05, 4.69) is 5.32 Å². The molecule has 0 spiro atoms. The average molecular weight is 449 g/mol. The van der Waals surface area contributed by atoms with Gasteiger partial charge in [0.1, 0.15) is 16.5 Å². The number of carbonyl (C=O) groups excluding carboxylic acids is 1. The number of benzene rings is 2. The third kappa shape index (κ3) is 4.91. The Hall–Kier alpha value is -2.45. The molecular weight excluding hydrogens is 419 g/mol. The zero-order chi connectivity index (χ0) is 22.6. The van der Waals surface area contributed by atoms with E-state index in [9.17, 15) is 17.6 Å². The average Bonchev–Trinajstić information content (AvgIpc) is 2.79. The van der Waals surface area contributed by atoms with Gasteiger partial charge in [-0.15, -0.1) is 0 Å². The van der Waals surface area contributed by atoms with Crippen molar-refractivity contribution in [3.63, 3.8) is 0 Å². The molecule has 1 aliphatic heterocycles. The smallest absolute Gasteiger partial charge is 0.246 e. The summed E-state index contributed by atoms with van der Waals surface area (Å²) in [7, 11) is -2.66. The predicted octanol–water partition coefficient (Wildman–Crippen LogP) is 4.00. The number of nitrogens with one attached hydrogen (secondary N) is 1. The number of methoxy groups -OCH3 is 1. The first-order chi connectivity index (χ1) is 14.8. The minimum Gasteiger partial charge on any atom is -0.495 e. The highest BCUT2D eigenvalue weighted by Crippen LogP contribution is 2.31. The Morgan fingerprint density at radius 1 is 1.19 bits per heavy atom. The lowest BCUT2D eigenvalue weighted by atomic mass is 9.97. The van der Waals surface area contributed by atoms with Gasteiger partial charge >= 0.3 is 0 Å². The molecule has 0 aromatic heterocycles. The number of hydrogen-bond acceptors (Lipinski definition) is 4. The molecule has 1 N–H and O–H groups in total. The zero-order valence-corrected chi connectivity index (χ0v) is 19.0. The van der Waals surface area contributed by atoms with Gasteiger partial charge in [0.05, 0.1) is 13.0 Å². The number of ether oxygens (including phenoxy) is 1. The van der Waals surface area contributed by atoms with Crippen molar-refractivity contribution in [1.82, 2.24) is 4.31 Å². The number of para-hydroxylation sites is 1. The van der Waals surface area contributed by atoms with E-state index in [1.54, 1.807) is 0 Å². The maximum absolute atomic E-state index is 13.8. The molecule has 1 atom stereocenters. The van der Waals surface area contributed by atoms with Gasteiger partial charge in [-0.3, -0.25) is 4.79 Å². The zero-order valence-electron chi connectivity index (χ0n) is 18.2. The van der Waals surface area contributed by atoms with Crippen molar-refractivity contribution >= 4 is 21.6 Å². The van der Waals surface area contributed by atoms with Crippen molar-refractivity contribution in [2.45, 2.75) is 44.4 Å². The molecule has 168 valence electrons. The highest BCUT2D eigenvalue weighted by atomic mass is 32.2. The summed E-state index contributed by atoms with van der Waals surface area (Å²) < 4.78 is 46.5. The van der Waals surface area contributed by atoms with Gasteiger partial charge in [0.2, 0.25) is 15.9 Å². The molecule has 0 aliphatic carbocycles. The van der Waals surface area contributed by atoms with Crippen LogP contribution >= 0.6 is 0 Å². The summed E-state index contributed by atoms with van der Waals surface area (Å²) in [6.07, 6.45) is 2.71. The third-order valence-electron chi connectivity index (χ3n) is 5.75. The molecule has 0 bridgehead atoms.